The lowest BCUT2D eigenvalue weighted by Gasteiger charge is -2.16. The Morgan fingerprint density at radius 3 is 1.00 bits per heavy atom. The molecule has 7 aromatic rings. The standard InChI is InChI=1S/C28H14O2/c29-27-21-9-3-1-7-15(21)17-11-5-13-19-20-14-6-12-18-16-8-2-4-10-22(16)28(30)26(24(18)20)25(27)23(17)19/h1-14H. The van der Waals surface area contributed by atoms with Gasteiger partial charge in [0, 0.05) is 32.3 Å². The molecule has 0 radical (unpaired) electrons. The Labute approximate surface area is 170 Å². The molecular formula is C28H14O2. The van der Waals surface area contributed by atoms with Crippen LogP contribution in [0, 0.1) is 0 Å². The first-order chi connectivity index (χ1) is 14.8. The lowest BCUT2D eigenvalue weighted by Crippen LogP contribution is -2.11. The van der Waals surface area contributed by atoms with Crippen LogP contribution < -0.4 is 10.9 Å². The third-order valence-corrected chi connectivity index (χ3v) is 6.55. The Hall–Kier alpha value is -4.04. The van der Waals surface area contributed by atoms with Crippen LogP contribution in [0.4, 0.5) is 0 Å². The van der Waals surface area contributed by atoms with Gasteiger partial charge in [-0.1, -0.05) is 84.9 Å². The van der Waals surface area contributed by atoms with Crippen molar-refractivity contribution in [3.05, 3.63) is 105 Å². The van der Waals surface area contributed by atoms with E-state index < -0.39 is 0 Å². The molecule has 0 heterocycles. The molecule has 7 rings (SSSR count). The normalized spacial score (nSPS) is 12.3. The van der Waals surface area contributed by atoms with Crippen molar-refractivity contribution >= 4 is 64.6 Å². The monoisotopic (exact) mass is 382 g/mol. The Morgan fingerprint density at radius 2 is 0.600 bits per heavy atom. The molecule has 30 heavy (non-hydrogen) atoms. The highest BCUT2D eigenvalue weighted by Gasteiger charge is 2.21. The van der Waals surface area contributed by atoms with Crippen LogP contribution in [0.5, 0.6) is 0 Å². The fourth-order valence-electron chi connectivity index (χ4n) is 5.35. The zero-order valence-corrected chi connectivity index (χ0v) is 15.9. The fourth-order valence-corrected chi connectivity index (χ4v) is 5.35. The second-order valence-corrected chi connectivity index (χ2v) is 7.96. The molecule has 0 aromatic heterocycles. The van der Waals surface area contributed by atoms with E-state index in [0.717, 1.165) is 43.1 Å². The van der Waals surface area contributed by atoms with Crippen LogP contribution in [0.2, 0.25) is 0 Å². The van der Waals surface area contributed by atoms with Crippen molar-refractivity contribution in [3.63, 3.8) is 0 Å². The number of rotatable bonds is 0. The Kier molecular flexibility index (Phi) is 2.80. The van der Waals surface area contributed by atoms with Gasteiger partial charge in [-0.25, -0.2) is 0 Å². The van der Waals surface area contributed by atoms with Crippen LogP contribution >= 0.6 is 0 Å². The summed E-state index contributed by atoms with van der Waals surface area (Å²) in [6.07, 6.45) is 0. The molecule has 0 atom stereocenters. The van der Waals surface area contributed by atoms with Crippen LogP contribution in [-0.4, -0.2) is 0 Å². The predicted octanol–water partition coefficient (Wildman–Crippen LogP) is 6.20. The number of hydrogen-bond donors (Lipinski definition) is 0. The third kappa shape index (κ3) is 1.71. The van der Waals surface area contributed by atoms with Gasteiger partial charge >= 0.3 is 0 Å². The summed E-state index contributed by atoms with van der Waals surface area (Å²) in [4.78, 5) is 27.5. The van der Waals surface area contributed by atoms with Gasteiger partial charge in [0.2, 0.25) is 0 Å². The summed E-state index contributed by atoms with van der Waals surface area (Å²) in [5, 5.41) is 10.2. The van der Waals surface area contributed by atoms with Crippen molar-refractivity contribution in [1.29, 1.82) is 0 Å². The highest BCUT2D eigenvalue weighted by Crippen LogP contribution is 2.41. The van der Waals surface area contributed by atoms with Gasteiger partial charge in [-0.2, -0.15) is 0 Å². The first kappa shape index (κ1) is 15.8. The minimum absolute atomic E-state index is 0.0614. The van der Waals surface area contributed by atoms with Gasteiger partial charge < -0.3 is 0 Å². The zero-order valence-electron chi connectivity index (χ0n) is 15.9. The average Bonchev–Trinajstić information content (AvgIpc) is 2.81. The minimum atomic E-state index is -0.0614. The van der Waals surface area contributed by atoms with Crippen molar-refractivity contribution in [3.8, 4) is 0 Å². The Balaban J connectivity index is 2.02. The van der Waals surface area contributed by atoms with Crippen LogP contribution in [0.1, 0.15) is 0 Å². The minimum Gasteiger partial charge on any atom is -0.289 e. The summed E-state index contributed by atoms with van der Waals surface area (Å²) in [6, 6.07) is 27.7. The number of benzene rings is 7. The van der Waals surface area contributed by atoms with E-state index in [1.165, 1.54) is 0 Å². The van der Waals surface area contributed by atoms with Crippen molar-refractivity contribution in [2.75, 3.05) is 0 Å². The summed E-state index contributed by atoms with van der Waals surface area (Å²) in [5.74, 6) is 0. The van der Waals surface area contributed by atoms with Crippen LogP contribution in [0.15, 0.2) is 94.5 Å². The van der Waals surface area contributed by atoms with E-state index in [1.807, 2.05) is 60.7 Å². The highest BCUT2D eigenvalue weighted by atomic mass is 16.1. The summed E-state index contributed by atoms with van der Waals surface area (Å²) in [6.45, 7) is 0. The van der Waals surface area contributed by atoms with Crippen LogP contribution in [-0.2, 0) is 0 Å². The molecule has 0 bridgehead atoms. The first-order valence-electron chi connectivity index (χ1n) is 10.1. The molecular weight excluding hydrogens is 368 g/mol. The van der Waals surface area contributed by atoms with Gasteiger partial charge in [-0.05, 0) is 32.3 Å². The molecule has 0 aliphatic carbocycles. The van der Waals surface area contributed by atoms with Crippen molar-refractivity contribution in [1.82, 2.24) is 0 Å². The van der Waals surface area contributed by atoms with Gasteiger partial charge in [0.15, 0.2) is 10.9 Å². The molecule has 0 unspecified atom stereocenters. The Morgan fingerprint density at radius 1 is 0.300 bits per heavy atom. The van der Waals surface area contributed by atoms with Gasteiger partial charge in [-0.3, -0.25) is 9.59 Å². The zero-order chi connectivity index (χ0) is 20.0. The third-order valence-electron chi connectivity index (χ3n) is 6.55. The van der Waals surface area contributed by atoms with Crippen LogP contribution in [0.3, 0.4) is 0 Å². The summed E-state index contributed by atoms with van der Waals surface area (Å²) < 4.78 is 0. The molecule has 138 valence electrons. The summed E-state index contributed by atoms with van der Waals surface area (Å²) in [5.41, 5.74) is -0.123. The largest absolute Gasteiger partial charge is 0.289 e. The summed E-state index contributed by atoms with van der Waals surface area (Å²) in [7, 11) is 0. The molecule has 0 aliphatic rings. The van der Waals surface area contributed by atoms with E-state index in [9.17, 15) is 9.59 Å². The molecule has 0 amide bonds. The van der Waals surface area contributed by atoms with Crippen molar-refractivity contribution < 1.29 is 0 Å². The summed E-state index contributed by atoms with van der Waals surface area (Å²) >= 11 is 0. The van der Waals surface area contributed by atoms with E-state index in [2.05, 4.69) is 24.3 Å². The molecule has 2 heteroatoms. The van der Waals surface area contributed by atoms with Gasteiger partial charge in [0.1, 0.15) is 0 Å². The second-order valence-electron chi connectivity index (χ2n) is 7.96. The predicted molar refractivity (Wildman–Crippen MR) is 126 cm³/mol. The maximum absolute atomic E-state index is 13.8. The first-order valence-corrected chi connectivity index (χ1v) is 10.1. The number of fused-ring (bicyclic) bond motifs is 6. The molecule has 7 aromatic carbocycles. The second kappa shape index (κ2) is 5.31. The van der Waals surface area contributed by atoms with Gasteiger partial charge in [-0.15, -0.1) is 0 Å². The van der Waals surface area contributed by atoms with E-state index >= 15 is 0 Å². The highest BCUT2D eigenvalue weighted by molar-refractivity contribution is 6.38. The maximum Gasteiger partial charge on any atom is 0.195 e. The molecule has 0 saturated carbocycles. The molecule has 2 nitrogen and oxygen atoms in total. The molecule has 0 N–H and O–H groups in total. The molecule has 0 aliphatic heterocycles. The lowest BCUT2D eigenvalue weighted by molar-refractivity contribution is 1.72. The SMILES string of the molecule is O=c1c2ccccc2c2cccc3c4cccc5c6ccccc6c(=O)c(c1c23)c54. The maximum atomic E-state index is 13.8. The van der Waals surface area contributed by atoms with Gasteiger partial charge in [0.25, 0.3) is 0 Å². The van der Waals surface area contributed by atoms with E-state index in [0.29, 0.717) is 21.5 Å². The quantitative estimate of drug-likeness (QED) is 0.231. The average molecular weight is 382 g/mol. The molecule has 0 spiro atoms. The molecule has 0 saturated heterocycles. The number of hydrogen-bond acceptors (Lipinski definition) is 2. The van der Waals surface area contributed by atoms with Gasteiger partial charge in [0.05, 0.1) is 0 Å². The van der Waals surface area contributed by atoms with Crippen LogP contribution in [0.25, 0.3) is 64.6 Å². The van der Waals surface area contributed by atoms with E-state index in [1.54, 1.807) is 0 Å². The Bertz CT molecular complexity index is 1790. The molecule has 0 fully saturated rings. The fraction of sp³-hybridized carbons (Fsp3) is 0. The van der Waals surface area contributed by atoms with Crippen molar-refractivity contribution in [2.45, 2.75) is 0 Å². The smallest absolute Gasteiger partial charge is 0.195 e. The van der Waals surface area contributed by atoms with E-state index in [-0.39, 0.29) is 10.9 Å². The topological polar surface area (TPSA) is 34.1 Å². The van der Waals surface area contributed by atoms with Crippen molar-refractivity contribution in [2.24, 2.45) is 0 Å². The van der Waals surface area contributed by atoms with E-state index in [4.69, 9.17) is 0 Å². The lowest BCUT2D eigenvalue weighted by atomic mass is 9.85.